The van der Waals surface area contributed by atoms with Crippen molar-refractivity contribution in [2.45, 2.75) is 63.6 Å². The van der Waals surface area contributed by atoms with E-state index >= 15 is 0 Å². The Hall–Kier alpha value is -3.39. The first-order chi connectivity index (χ1) is 18.5. The lowest BCUT2D eigenvalue weighted by Crippen LogP contribution is -2.72. The van der Waals surface area contributed by atoms with Crippen molar-refractivity contribution in [2.24, 2.45) is 0 Å². The number of ether oxygens (including phenoxy) is 1. The molecule has 0 radical (unpaired) electrons. The predicted molar refractivity (Wildman–Crippen MR) is 146 cm³/mol. The van der Waals surface area contributed by atoms with Crippen molar-refractivity contribution in [1.29, 1.82) is 0 Å². The zero-order chi connectivity index (χ0) is 26.8. The van der Waals surface area contributed by atoms with Crippen molar-refractivity contribution in [3.05, 3.63) is 71.8 Å². The van der Waals surface area contributed by atoms with Crippen LogP contribution >= 0.6 is 0 Å². The highest BCUT2D eigenvalue weighted by atomic mass is 16.5. The number of carbonyl (C=O) groups is 3. The second-order valence-corrected chi connectivity index (χ2v) is 10.3. The van der Waals surface area contributed by atoms with Crippen LogP contribution in [0.4, 0.5) is 4.79 Å². The van der Waals surface area contributed by atoms with Gasteiger partial charge in [0.2, 0.25) is 11.8 Å². The lowest BCUT2D eigenvalue weighted by Gasteiger charge is -2.51. The van der Waals surface area contributed by atoms with Gasteiger partial charge in [0.15, 0.2) is 0 Å². The molecule has 2 N–H and O–H groups in total. The second kappa shape index (κ2) is 13.4. The molecule has 0 saturated carbocycles. The van der Waals surface area contributed by atoms with Gasteiger partial charge < -0.3 is 25.2 Å². The molecule has 1 spiro atoms. The maximum atomic E-state index is 13.5. The van der Waals surface area contributed by atoms with Crippen molar-refractivity contribution < 1.29 is 19.1 Å². The lowest BCUT2D eigenvalue weighted by atomic mass is 9.81. The van der Waals surface area contributed by atoms with Gasteiger partial charge in [-0.1, -0.05) is 67.6 Å². The summed E-state index contributed by atoms with van der Waals surface area (Å²) in [5.41, 5.74) is 1.48. The monoisotopic (exact) mass is 520 g/mol. The predicted octanol–water partition coefficient (Wildman–Crippen LogP) is 3.51. The average Bonchev–Trinajstić information content (AvgIpc) is 2.95. The number of piperidine rings is 1. The fourth-order valence-corrected chi connectivity index (χ4v) is 5.47. The maximum Gasteiger partial charge on any atom is 0.407 e. The first-order valence-corrected chi connectivity index (χ1v) is 13.8. The number of carbonyl (C=O) groups excluding carboxylic acids is 3. The van der Waals surface area contributed by atoms with Crippen LogP contribution in [0.2, 0.25) is 0 Å². The Morgan fingerprint density at radius 3 is 2.32 bits per heavy atom. The molecule has 2 aliphatic rings. The number of nitrogens with one attached hydrogen (secondary N) is 2. The highest BCUT2D eigenvalue weighted by Gasteiger charge is 2.52. The molecule has 8 heteroatoms. The fraction of sp³-hybridized carbons (Fsp3) is 0.500. The molecular weight excluding hydrogens is 480 g/mol. The maximum absolute atomic E-state index is 13.5. The Labute approximate surface area is 225 Å². The van der Waals surface area contributed by atoms with E-state index in [9.17, 15) is 14.4 Å². The van der Waals surface area contributed by atoms with Gasteiger partial charge in [0.25, 0.3) is 0 Å². The molecule has 38 heavy (non-hydrogen) atoms. The molecule has 2 aliphatic heterocycles. The zero-order valence-corrected chi connectivity index (χ0v) is 22.4. The summed E-state index contributed by atoms with van der Waals surface area (Å²) in [6.07, 6.45) is 3.65. The highest BCUT2D eigenvalue weighted by Crippen LogP contribution is 2.33. The van der Waals surface area contributed by atoms with Gasteiger partial charge in [-0.25, -0.2) is 4.79 Å². The normalized spacial score (nSPS) is 19.3. The van der Waals surface area contributed by atoms with Crippen LogP contribution in [-0.2, 0) is 27.4 Å². The molecule has 3 amide bonds. The third-order valence-corrected chi connectivity index (χ3v) is 7.65. The Kier molecular flexibility index (Phi) is 9.76. The number of hydrogen-bond acceptors (Lipinski definition) is 5. The fourth-order valence-electron chi connectivity index (χ4n) is 5.47. The minimum atomic E-state index is -0.758. The van der Waals surface area contributed by atoms with Gasteiger partial charge in [-0.3, -0.25) is 9.59 Å². The van der Waals surface area contributed by atoms with Gasteiger partial charge >= 0.3 is 6.09 Å². The van der Waals surface area contributed by atoms with Crippen LogP contribution in [0, 0.1) is 0 Å². The Morgan fingerprint density at radius 1 is 1.00 bits per heavy atom. The largest absolute Gasteiger partial charge is 0.445 e. The van der Waals surface area contributed by atoms with Gasteiger partial charge in [-0.05, 0) is 49.7 Å². The van der Waals surface area contributed by atoms with Gasteiger partial charge in [0.1, 0.15) is 18.2 Å². The lowest BCUT2D eigenvalue weighted by molar-refractivity contribution is -0.161. The van der Waals surface area contributed by atoms with Crippen molar-refractivity contribution >= 4 is 17.9 Å². The molecule has 4 rings (SSSR count). The number of piperazine rings is 1. The zero-order valence-electron chi connectivity index (χ0n) is 22.4. The van der Waals surface area contributed by atoms with Gasteiger partial charge in [0.05, 0.1) is 0 Å². The Balaban J connectivity index is 1.24. The number of hydrogen-bond donors (Lipinski definition) is 2. The summed E-state index contributed by atoms with van der Waals surface area (Å²) in [4.78, 5) is 43.2. The molecule has 2 heterocycles. The number of likely N-dealkylation sites (tertiary alicyclic amines) is 1. The summed E-state index contributed by atoms with van der Waals surface area (Å²) in [6, 6.07) is 19.4. The molecule has 2 saturated heterocycles. The molecule has 1 unspecified atom stereocenters. The van der Waals surface area contributed by atoms with Gasteiger partial charge in [-0.15, -0.1) is 0 Å². The van der Waals surface area contributed by atoms with E-state index < -0.39 is 17.7 Å². The molecule has 0 bridgehead atoms. The molecular formula is C30H40N4O4. The molecule has 8 nitrogen and oxygen atoms in total. The number of alkyl carbamates (subject to hydrolysis) is 1. The SMILES string of the molecule is CCCN1C(=O)C(CCCNC(=O)OCc2ccccc2)NC(=O)C12CCN(CCc1ccccc1)CC2. The van der Waals surface area contributed by atoms with Crippen LogP contribution in [0.25, 0.3) is 0 Å². The summed E-state index contributed by atoms with van der Waals surface area (Å²) in [7, 11) is 0. The van der Waals surface area contributed by atoms with E-state index in [2.05, 4.69) is 39.8 Å². The van der Waals surface area contributed by atoms with E-state index in [-0.39, 0.29) is 18.4 Å². The van der Waals surface area contributed by atoms with Crippen LogP contribution in [0.3, 0.4) is 0 Å². The van der Waals surface area contributed by atoms with Crippen molar-refractivity contribution in [3.8, 4) is 0 Å². The van der Waals surface area contributed by atoms with Crippen LogP contribution in [0.15, 0.2) is 60.7 Å². The Morgan fingerprint density at radius 2 is 1.66 bits per heavy atom. The average molecular weight is 521 g/mol. The molecule has 2 fully saturated rings. The van der Waals surface area contributed by atoms with Gasteiger partial charge in [-0.2, -0.15) is 0 Å². The summed E-state index contributed by atoms with van der Waals surface area (Å²) >= 11 is 0. The van der Waals surface area contributed by atoms with E-state index in [0.29, 0.717) is 38.8 Å². The number of nitrogens with zero attached hydrogens (tertiary/aromatic N) is 2. The van der Waals surface area contributed by atoms with E-state index in [4.69, 9.17) is 4.74 Å². The smallest absolute Gasteiger partial charge is 0.407 e. The molecule has 2 aromatic carbocycles. The summed E-state index contributed by atoms with van der Waals surface area (Å²) in [6.45, 7) is 5.76. The second-order valence-electron chi connectivity index (χ2n) is 10.3. The standard InChI is InChI=1S/C30H40N4O4/c1-2-19-34-27(35)26(14-9-18-31-29(37)38-23-25-12-7-4-8-13-25)32-28(36)30(34)16-21-33(22-17-30)20-15-24-10-5-3-6-11-24/h3-8,10-13,26H,2,9,14-23H2,1H3,(H,31,37)(H,32,36). The van der Waals surface area contributed by atoms with Crippen molar-refractivity contribution in [2.75, 3.05) is 32.7 Å². The molecule has 1 atom stereocenters. The number of amides is 3. The van der Waals surface area contributed by atoms with E-state index in [0.717, 1.165) is 38.0 Å². The molecule has 0 aliphatic carbocycles. The van der Waals surface area contributed by atoms with Crippen molar-refractivity contribution in [1.82, 2.24) is 20.4 Å². The van der Waals surface area contributed by atoms with Crippen LogP contribution in [0.5, 0.6) is 0 Å². The highest BCUT2D eigenvalue weighted by molar-refractivity contribution is 6.00. The molecule has 0 aromatic heterocycles. The number of benzene rings is 2. The molecule has 204 valence electrons. The minimum Gasteiger partial charge on any atom is -0.445 e. The van der Waals surface area contributed by atoms with E-state index in [1.165, 1.54) is 5.56 Å². The third kappa shape index (κ3) is 6.92. The summed E-state index contributed by atoms with van der Waals surface area (Å²) in [5, 5.41) is 5.77. The van der Waals surface area contributed by atoms with Crippen LogP contribution < -0.4 is 10.6 Å². The van der Waals surface area contributed by atoms with Crippen LogP contribution in [-0.4, -0.2) is 72.0 Å². The summed E-state index contributed by atoms with van der Waals surface area (Å²) in [5.74, 6) is -0.0377. The number of rotatable bonds is 11. The van der Waals surface area contributed by atoms with Crippen LogP contribution in [0.1, 0.15) is 50.2 Å². The van der Waals surface area contributed by atoms with Crippen molar-refractivity contribution in [3.63, 3.8) is 0 Å². The quantitative estimate of drug-likeness (QED) is 0.443. The first-order valence-electron chi connectivity index (χ1n) is 13.8. The van der Waals surface area contributed by atoms with E-state index in [1.54, 1.807) is 0 Å². The summed E-state index contributed by atoms with van der Waals surface area (Å²) < 4.78 is 5.23. The molecule has 2 aromatic rings. The van der Waals surface area contributed by atoms with Gasteiger partial charge in [0, 0.05) is 32.7 Å². The minimum absolute atomic E-state index is 0.00385. The van der Waals surface area contributed by atoms with E-state index in [1.807, 2.05) is 48.2 Å². The first kappa shape index (κ1) is 27.6. The Bertz CT molecular complexity index is 1050. The third-order valence-electron chi connectivity index (χ3n) is 7.65. The topological polar surface area (TPSA) is 91.0 Å².